The zero-order chi connectivity index (χ0) is 20.2. The van der Waals surface area contributed by atoms with Crippen LogP contribution in [-0.4, -0.2) is 82.5 Å². The third-order valence-corrected chi connectivity index (χ3v) is 5.76. The maximum Gasteiger partial charge on any atom is 0.511 e. The lowest BCUT2D eigenvalue weighted by Gasteiger charge is -2.33. The first kappa shape index (κ1) is 26.7. The quantitative estimate of drug-likeness (QED) is 0.311. The van der Waals surface area contributed by atoms with Crippen molar-refractivity contribution in [1.29, 1.82) is 0 Å². The molecular weight excluding hydrogens is 498 g/mol. The number of hydrogen-bond acceptors (Lipinski definition) is 4. The summed E-state index contributed by atoms with van der Waals surface area (Å²) >= 11 is 0. The third-order valence-electron chi connectivity index (χ3n) is 4.13. The Bertz CT molecular complexity index is 589. The molecule has 0 spiro atoms. The zero-order valence-electron chi connectivity index (χ0n) is 16.4. The maximum absolute atomic E-state index is 12.6. The van der Waals surface area contributed by atoms with Crippen molar-refractivity contribution in [3.05, 3.63) is 0 Å². The standard InChI is InChI=1S/C15H30F3N5O2S.HI/c1-14(2,11-22(4)5)10-20-13(19-3)21-12-6-8-23(9-7-12)26(24,25)15(16,17)18;/h12H,6-11H2,1-5H3,(H2,19,20,21);1H. The van der Waals surface area contributed by atoms with E-state index in [1.807, 2.05) is 14.1 Å². The number of nitrogens with one attached hydrogen (secondary N) is 2. The van der Waals surface area contributed by atoms with Gasteiger partial charge in [-0.1, -0.05) is 13.8 Å². The van der Waals surface area contributed by atoms with Gasteiger partial charge in [-0.25, -0.2) is 8.42 Å². The Morgan fingerprint density at radius 1 is 1.22 bits per heavy atom. The molecule has 1 heterocycles. The molecule has 1 rings (SSSR count). The van der Waals surface area contributed by atoms with Crippen LogP contribution in [0.5, 0.6) is 0 Å². The highest BCUT2D eigenvalue weighted by Crippen LogP contribution is 2.28. The molecule has 12 heteroatoms. The summed E-state index contributed by atoms with van der Waals surface area (Å²) in [6, 6.07) is -0.127. The molecule has 1 aliphatic heterocycles. The van der Waals surface area contributed by atoms with E-state index >= 15 is 0 Å². The summed E-state index contributed by atoms with van der Waals surface area (Å²) in [5.74, 6) is 0.564. The molecule has 1 fully saturated rings. The van der Waals surface area contributed by atoms with Crippen LogP contribution >= 0.6 is 24.0 Å². The van der Waals surface area contributed by atoms with Gasteiger partial charge < -0.3 is 15.5 Å². The van der Waals surface area contributed by atoms with E-state index in [9.17, 15) is 21.6 Å². The molecule has 1 aliphatic rings. The topological polar surface area (TPSA) is 77.0 Å². The van der Waals surface area contributed by atoms with E-state index in [1.54, 1.807) is 7.05 Å². The highest BCUT2D eigenvalue weighted by Gasteiger charge is 2.50. The fraction of sp³-hybridized carbons (Fsp3) is 0.933. The summed E-state index contributed by atoms with van der Waals surface area (Å²) in [6.45, 7) is 5.46. The minimum absolute atomic E-state index is 0. The van der Waals surface area contributed by atoms with Gasteiger partial charge in [-0.05, 0) is 32.4 Å². The SMILES string of the molecule is CN=C(NCC(C)(C)CN(C)C)NC1CCN(S(=O)(=O)C(F)(F)F)CC1.I. The molecular formula is C15H31F3IN5O2S. The molecule has 0 amide bonds. The number of aliphatic imine (C=N–C) groups is 1. The minimum Gasteiger partial charge on any atom is -0.356 e. The summed E-state index contributed by atoms with van der Waals surface area (Å²) in [5.41, 5.74) is -5.24. The number of alkyl halides is 3. The Morgan fingerprint density at radius 2 is 1.74 bits per heavy atom. The number of piperidine rings is 1. The molecule has 0 aliphatic carbocycles. The summed E-state index contributed by atoms with van der Waals surface area (Å²) < 4.78 is 61.2. The lowest BCUT2D eigenvalue weighted by molar-refractivity contribution is -0.0494. The van der Waals surface area contributed by atoms with Crippen LogP contribution in [0.15, 0.2) is 4.99 Å². The second kappa shape index (κ2) is 10.4. The van der Waals surface area contributed by atoms with Crippen molar-refractivity contribution in [2.45, 2.75) is 38.2 Å². The predicted molar refractivity (Wildman–Crippen MR) is 112 cm³/mol. The second-order valence-electron chi connectivity index (χ2n) is 7.60. The van der Waals surface area contributed by atoms with Crippen molar-refractivity contribution >= 4 is 40.0 Å². The van der Waals surface area contributed by atoms with Crippen molar-refractivity contribution in [3.8, 4) is 0 Å². The smallest absolute Gasteiger partial charge is 0.356 e. The molecule has 0 unspecified atom stereocenters. The fourth-order valence-corrected chi connectivity index (χ4v) is 3.99. The molecule has 0 bridgehead atoms. The number of guanidine groups is 1. The van der Waals surface area contributed by atoms with Gasteiger partial charge in [-0.15, -0.1) is 24.0 Å². The normalized spacial score (nSPS) is 18.3. The van der Waals surface area contributed by atoms with E-state index in [2.05, 4.69) is 34.4 Å². The van der Waals surface area contributed by atoms with Crippen LogP contribution in [-0.2, 0) is 10.0 Å². The molecule has 1 saturated heterocycles. The van der Waals surface area contributed by atoms with Crippen molar-refractivity contribution in [1.82, 2.24) is 19.8 Å². The number of sulfonamides is 1. The zero-order valence-corrected chi connectivity index (χ0v) is 19.6. The fourth-order valence-electron chi connectivity index (χ4n) is 3.01. The van der Waals surface area contributed by atoms with Crippen LogP contribution in [0, 0.1) is 5.41 Å². The Labute approximate surface area is 177 Å². The molecule has 0 radical (unpaired) electrons. The summed E-state index contributed by atoms with van der Waals surface area (Å²) in [6.07, 6.45) is 0.578. The van der Waals surface area contributed by atoms with Gasteiger partial charge in [-0.2, -0.15) is 17.5 Å². The van der Waals surface area contributed by atoms with Crippen LogP contribution in [0.2, 0.25) is 0 Å². The summed E-state index contributed by atoms with van der Waals surface area (Å²) in [7, 11) is 0.375. The van der Waals surface area contributed by atoms with E-state index in [-0.39, 0.29) is 61.4 Å². The lowest BCUT2D eigenvalue weighted by Crippen LogP contribution is -2.52. The third kappa shape index (κ3) is 8.28. The van der Waals surface area contributed by atoms with Crippen molar-refractivity contribution in [3.63, 3.8) is 0 Å². The molecule has 162 valence electrons. The summed E-state index contributed by atoms with van der Waals surface area (Å²) in [4.78, 5) is 6.23. The van der Waals surface area contributed by atoms with Gasteiger partial charge in [0.25, 0.3) is 0 Å². The van der Waals surface area contributed by atoms with Crippen LogP contribution in [0.4, 0.5) is 13.2 Å². The number of rotatable bonds is 6. The number of nitrogens with zero attached hydrogens (tertiary/aromatic N) is 3. The van der Waals surface area contributed by atoms with E-state index < -0.39 is 15.5 Å². The van der Waals surface area contributed by atoms with E-state index in [0.717, 1.165) is 6.54 Å². The lowest BCUT2D eigenvalue weighted by atomic mass is 9.93. The average Bonchev–Trinajstić information content (AvgIpc) is 2.49. The predicted octanol–water partition coefficient (Wildman–Crippen LogP) is 1.67. The highest BCUT2D eigenvalue weighted by molar-refractivity contribution is 14.0. The van der Waals surface area contributed by atoms with Crippen molar-refractivity contribution in [2.24, 2.45) is 10.4 Å². The van der Waals surface area contributed by atoms with Gasteiger partial charge in [0, 0.05) is 39.3 Å². The van der Waals surface area contributed by atoms with Crippen LogP contribution in [0.25, 0.3) is 0 Å². The van der Waals surface area contributed by atoms with E-state index in [0.29, 0.717) is 16.8 Å². The van der Waals surface area contributed by atoms with Crippen molar-refractivity contribution in [2.75, 3.05) is 47.3 Å². The highest BCUT2D eigenvalue weighted by atomic mass is 127. The molecule has 27 heavy (non-hydrogen) atoms. The molecule has 0 atom stereocenters. The Kier molecular flexibility index (Phi) is 10.3. The van der Waals surface area contributed by atoms with Crippen LogP contribution in [0.3, 0.4) is 0 Å². The number of halogens is 4. The van der Waals surface area contributed by atoms with Gasteiger partial charge in [0.2, 0.25) is 0 Å². The second-order valence-corrected chi connectivity index (χ2v) is 9.53. The van der Waals surface area contributed by atoms with E-state index in [4.69, 9.17) is 0 Å². The molecule has 7 nitrogen and oxygen atoms in total. The van der Waals surface area contributed by atoms with Gasteiger partial charge >= 0.3 is 15.5 Å². The molecule has 0 saturated carbocycles. The van der Waals surface area contributed by atoms with Crippen molar-refractivity contribution < 1.29 is 21.6 Å². The minimum atomic E-state index is -5.25. The first-order valence-electron chi connectivity index (χ1n) is 8.47. The molecule has 2 N–H and O–H groups in total. The maximum atomic E-state index is 12.6. The van der Waals surface area contributed by atoms with Crippen LogP contribution < -0.4 is 10.6 Å². The summed E-state index contributed by atoms with van der Waals surface area (Å²) in [5, 5.41) is 6.39. The largest absolute Gasteiger partial charge is 0.511 e. The molecule has 0 aromatic rings. The Hall–Kier alpha value is -0.340. The first-order valence-corrected chi connectivity index (χ1v) is 9.91. The van der Waals surface area contributed by atoms with Gasteiger partial charge in [0.05, 0.1) is 0 Å². The average molecular weight is 529 g/mol. The van der Waals surface area contributed by atoms with Gasteiger partial charge in [0.1, 0.15) is 0 Å². The Morgan fingerprint density at radius 3 is 2.15 bits per heavy atom. The molecule has 0 aromatic carbocycles. The Balaban J connectivity index is 0.00000676. The van der Waals surface area contributed by atoms with Crippen LogP contribution in [0.1, 0.15) is 26.7 Å². The first-order chi connectivity index (χ1) is 11.8. The molecule has 0 aromatic heterocycles. The van der Waals surface area contributed by atoms with Gasteiger partial charge in [-0.3, -0.25) is 4.99 Å². The monoisotopic (exact) mass is 529 g/mol. The van der Waals surface area contributed by atoms with Gasteiger partial charge in [0.15, 0.2) is 5.96 Å². The number of hydrogen-bond donors (Lipinski definition) is 2. The van der Waals surface area contributed by atoms with E-state index in [1.165, 1.54) is 0 Å².